The van der Waals surface area contributed by atoms with Crippen LogP contribution in [0.25, 0.3) is 0 Å². The number of likely N-dealkylation sites (tertiary alicyclic amines) is 1. The predicted octanol–water partition coefficient (Wildman–Crippen LogP) is 1.67. The lowest BCUT2D eigenvalue weighted by molar-refractivity contribution is -0.188. The molecule has 4 nitrogen and oxygen atoms in total. The fourth-order valence-corrected chi connectivity index (χ4v) is 2.40. The third kappa shape index (κ3) is 6.39. The Balaban J connectivity index is 2.29. The lowest BCUT2D eigenvalue weighted by atomic mass is 9.97. The fourth-order valence-electron chi connectivity index (χ4n) is 2.40. The Kier molecular flexibility index (Phi) is 7.22. The molecule has 0 bridgehead atoms. The number of β-amino-alcohol motifs (C(OH)–C–C–N with tert-alkyl or cyclic N) is 1. The molecule has 0 aromatic carbocycles. The standard InChI is InChI=1S/C13H24F3NO3/c1-10(8-19-2)20-9-12(18)7-17-5-3-4-11(6-17)13(14,15)16/h10-12,18H,3-9H2,1-2H3. The van der Waals surface area contributed by atoms with Crippen molar-refractivity contribution in [3.8, 4) is 0 Å². The molecule has 7 heteroatoms. The predicted molar refractivity (Wildman–Crippen MR) is 68.5 cm³/mol. The summed E-state index contributed by atoms with van der Waals surface area (Å²) in [5.41, 5.74) is 0. The molecule has 0 aromatic heterocycles. The van der Waals surface area contributed by atoms with Crippen molar-refractivity contribution in [2.75, 3.05) is 40.0 Å². The van der Waals surface area contributed by atoms with E-state index < -0.39 is 18.2 Å². The number of piperidine rings is 1. The maximum atomic E-state index is 12.7. The minimum atomic E-state index is -4.15. The first-order valence-electron chi connectivity index (χ1n) is 6.90. The third-order valence-corrected chi connectivity index (χ3v) is 3.41. The Morgan fingerprint density at radius 3 is 2.65 bits per heavy atom. The summed E-state index contributed by atoms with van der Waals surface area (Å²) >= 11 is 0. The van der Waals surface area contributed by atoms with Gasteiger partial charge in [-0.05, 0) is 26.3 Å². The lowest BCUT2D eigenvalue weighted by Crippen LogP contribution is -2.45. The highest BCUT2D eigenvalue weighted by Crippen LogP contribution is 2.33. The normalized spacial score (nSPS) is 24.6. The van der Waals surface area contributed by atoms with E-state index in [9.17, 15) is 18.3 Å². The summed E-state index contributed by atoms with van der Waals surface area (Å²) in [6, 6.07) is 0. The smallest absolute Gasteiger partial charge is 0.389 e. The van der Waals surface area contributed by atoms with E-state index in [2.05, 4.69) is 0 Å². The van der Waals surface area contributed by atoms with Crippen LogP contribution >= 0.6 is 0 Å². The molecular formula is C13H24F3NO3. The van der Waals surface area contributed by atoms with Crippen LogP contribution in [0.1, 0.15) is 19.8 Å². The summed E-state index contributed by atoms with van der Waals surface area (Å²) in [5, 5.41) is 9.82. The summed E-state index contributed by atoms with van der Waals surface area (Å²) in [6.45, 7) is 3.12. The van der Waals surface area contributed by atoms with Crippen LogP contribution in [0.2, 0.25) is 0 Å². The second-order valence-corrected chi connectivity index (χ2v) is 5.39. The number of halogens is 3. The zero-order valence-corrected chi connectivity index (χ0v) is 12.0. The molecule has 0 saturated carbocycles. The zero-order chi connectivity index (χ0) is 15.2. The second kappa shape index (κ2) is 8.17. The second-order valence-electron chi connectivity index (χ2n) is 5.39. The molecule has 1 heterocycles. The first kappa shape index (κ1) is 17.7. The van der Waals surface area contributed by atoms with Gasteiger partial charge in [-0.25, -0.2) is 0 Å². The van der Waals surface area contributed by atoms with Gasteiger partial charge in [-0.1, -0.05) is 0 Å². The fraction of sp³-hybridized carbons (Fsp3) is 1.00. The first-order valence-corrected chi connectivity index (χ1v) is 6.90. The summed E-state index contributed by atoms with van der Waals surface area (Å²) < 4.78 is 48.2. The molecule has 1 rings (SSSR count). The van der Waals surface area contributed by atoms with Gasteiger partial charge in [-0.15, -0.1) is 0 Å². The van der Waals surface area contributed by atoms with E-state index in [0.717, 1.165) is 0 Å². The van der Waals surface area contributed by atoms with Crippen molar-refractivity contribution in [3.63, 3.8) is 0 Å². The van der Waals surface area contributed by atoms with Crippen molar-refractivity contribution in [3.05, 3.63) is 0 Å². The largest absolute Gasteiger partial charge is 0.393 e. The maximum Gasteiger partial charge on any atom is 0.393 e. The van der Waals surface area contributed by atoms with E-state index in [0.29, 0.717) is 19.6 Å². The van der Waals surface area contributed by atoms with Crippen LogP contribution in [0.5, 0.6) is 0 Å². The van der Waals surface area contributed by atoms with Crippen LogP contribution in [-0.2, 0) is 9.47 Å². The number of methoxy groups -OCH3 is 1. The highest BCUT2D eigenvalue weighted by Gasteiger charge is 2.41. The quantitative estimate of drug-likeness (QED) is 0.776. The van der Waals surface area contributed by atoms with E-state index in [-0.39, 0.29) is 32.2 Å². The topological polar surface area (TPSA) is 41.9 Å². The number of ether oxygens (including phenoxy) is 2. The van der Waals surface area contributed by atoms with Crippen LogP contribution in [0.3, 0.4) is 0 Å². The van der Waals surface area contributed by atoms with Gasteiger partial charge in [0.25, 0.3) is 0 Å². The first-order chi connectivity index (χ1) is 9.32. The van der Waals surface area contributed by atoms with Crippen molar-refractivity contribution >= 4 is 0 Å². The van der Waals surface area contributed by atoms with Crippen molar-refractivity contribution in [2.45, 2.75) is 38.1 Å². The molecule has 0 spiro atoms. The monoisotopic (exact) mass is 299 g/mol. The summed E-state index contributed by atoms with van der Waals surface area (Å²) in [6.07, 6.45) is -4.37. The Bertz CT molecular complexity index is 276. The Hall–Kier alpha value is -0.370. The van der Waals surface area contributed by atoms with E-state index >= 15 is 0 Å². The molecule has 3 unspecified atom stereocenters. The number of alkyl halides is 3. The molecule has 0 aliphatic carbocycles. The third-order valence-electron chi connectivity index (χ3n) is 3.41. The van der Waals surface area contributed by atoms with Crippen LogP contribution in [-0.4, -0.2) is 68.3 Å². The van der Waals surface area contributed by atoms with Gasteiger partial charge in [-0.2, -0.15) is 13.2 Å². The maximum absolute atomic E-state index is 12.7. The van der Waals surface area contributed by atoms with Crippen molar-refractivity contribution in [2.24, 2.45) is 5.92 Å². The van der Waals surface area contributed by atoms with Gasteiger partial charge in [0.15, 0.2) is 0 Å². The van der Waals surface area contributed by atoms with Gasteiger partial charge >= 0.3 is 6.18 Å². The van der Waals surface area contributed by atoms with Gasteiger partial charge in [0.1, 0.15) is 0 Å². The van der Waals surface area contributed by atoms with Crippen molar-refractivity contribution in [1.29, 1.82) is 0 Å². The van der Waals surface area contributed by atoms with Gasteiger partial charge < -0.3 is 19.5 Å². The van der Waals surface area contributed by atoms with Crippen LogP contribution < -0.4 is 0 Å². The van der Waals surface area contributed by atoms with Gasteiger partial charge in [0, 0.05) is 20.2 Å². The lowest BCUT2D eigenvalue weighted by Gasteiger charge is -2.34. The van der Waals surface area contributed by atoms with E-state index in [1.165, 1.54) is 0 Å². The summed E-state index contributed by atoms with van der Waals surface area (Å²) in [7, 11) is 1.56. The molecule has 0 radical (unpaired) electrons. The molecule has 1 aliphatic rings. The van der Waals surface area contributed by atoms with Gasteiger partial charge in [0.2, 0.25) is 0 Å². The minimum Gasteiger partial charge on any atom is -0.389 e. The summed E-state index contributed by atoms with van der Waals surface area (Å²) in [5.74, 6) is -1.28. The SMILES string of the molecule is COCC(C)OCC(O)CN1CCCC(C(F)(F)F)C1. The molecule has 1 fully saturated rings. The van der Waals surface area contributed by atoms with Gasteiger partial charge in [0.05, 0.1) is 31.3 Å². The zero-order valence-electron chi connectivity index (χ0n) is 12.0. The summed E-state index contributed by atoms with van der Waals surface area (Å²) in [4.78, 5) is 1.66. The number of hydrogen-bond acceptors (Lipinski definition) is 4. The Labute approximate surface area is 117 Å². The Morgan fingerprint density at radius 1 is 1.35 bits per heavy atom. The van der Waals surface area contributed by atoms with Gasteiger partial charge in [-0.3, -0.25) is 0 Å². The average molecular weight is 299 g/mol. The van der Waals surface area contributed by atoms with Crippen LogP contribution in [0.4, 0.5) is 13.2 Å². The number of aliphatic hydroxyl groups is 1. The molecule has 1 aliphatic heterocycles. The molecule has 1 saturated heterocycles. The molecule has 1 N–H and O–H groups in total. The Morgan fingerprint density at radius 2 is 2.05 bits per heavy atom. The van der Waals surface area contributed by atoms with Crippen molar-refractivity contribution in [1.82, 2.24) is 4.90 Å². The number of nitrogens with zero attached hydrogens (tertiary/aromatic N) is 1. The molecule has 20 heavy (non-hydrogen) atoms. The van der Waals surface area contributed by atoms with E-state index in [4.69, 9.17) is 9.47 Å². The number of rotatable bonds is 7. The van der Waals surface area contributed by atoms with Crippen molar-refractivity contribution < 1.29 is 27.8 Å². The van der Waals surface area contributed by atoms with E-state index in [1.54, 1.807) is 12.0 Å². The average Bonchev–Trinajstić information content (AvgIpc) is 2.36. The van der Waals surface area contributed by atoms with E-state index in [1.807, 2.05) is 6.92 Å². The van der Waals surface area contributed by atoms with Crippen LogP contribution in [0.15, 0.2) is 0 Å². The number of aliphatic hydroxyl groups excluding tert-OH is 1. The molecular weight excluding hydrogens is 275 g/mol. The molecule has 3 atom stereocenters. The number of hydrogen-bond donors (Lipinski definition) is 1. The minimum absolute atomic E-state index is 0.0335. The molecule has 120 valence electrons. The molecule has 0 aromatic rings. The highest BCUT2D eigenvalue weighted by molar-refractivity contribution is 4.79. The highest BCUT2D eigenvalue weighted by atomic mass is 19.4. The van der Waals surface area contributed by atoms with Crippen LogP contribution in [0, 0.1) is 5.92 Å². The molecule has 0 amide bonds.